The SMILES string of the molecule is O=C(NCc1cccnc1)N1CCC2(CC(=O)N(c3ccsc3)C2)C1.O=C(O)C(F)(F)F. The number of aromatic nitrogens is 1. The number of pyridine rings is 1. The van der Waals surface area contributed by atoms with Crippen molar-refractivity contribution in [1.29, 1.82) is 0 Å². The third-order valence-electron chi connectivity index (χ3n) is 5.27. The van der Waals surface area contributed by atoms with Crippen molar-refractivity contribution < 1.29 is 32.7 Å². The van der Waals surface area contributed by atoms with E-state index in [9.17, 15) is 22.8 Å². The summed E-state index contributed by atoms with van der Waals surface area (Å²) in [7, 11) is 0. The Hall–Kier alpha value is -3.15. The molecule has 32 heavy (non-hydrogen) atoms. The number of hydrogen-bond donors (Lipinski definition) is 2. The van der Waals surface area contributed by atoms with Crippen LogP contribution in [0.2, 0.25) is 0 Å². The van der Waals surface area contributed by atoms with E-state index in [0.717, 1.165) is 17.7 Å². The highest BCUT2D eigenvalue weighted by Gasteiger charge is 2.48. The summed E-state index contributed by atoms with van der Waals surface area (Å²) < 4.78 is 31.7. The van der Waals surface area contributed by atoms with Crippen LogP contribution >= 0.6 is 11.3 Å². The van der Waals surface area contributed by atoms with Crippen molar-refractivity contribution in [3.63, 3.8) is 0 Å². The zero-order chi connectivity index (χ0) is 23.4. The zero-order valence-electron chi connectivity index (χ0n) is 16.8. The Morgan fingerprint density at radius 2 is 2.03 bits per heavy atom. The number of amides is 3. The van der Waals surface area contributed by atoms with Crippen LogP contribution < -0.4 is 10.2 Å². The second-order valence-electron chi connectivity index (χ2n) is 7.63. The molecule has 2 fully saturated rings. The van der Waals surface area contributed by atoms with E-state index in [1.54, 1.807) is 23.7 Å². The summed E-state index contributed by atoms with van der Waals surface area (Å²) in [5.41, 5.74) is 1.85. The summed E-state index contributed by atoms with van der Waals surface area (Å²) in [5, 5.41) is 14.1. The molecule has 1 spiro atoms. The Labute approximate surface area is 185 Å². The summed E-state index contributed by atoms with van der Waals surface area (Å²) in [4.78, 5) is 41.5. The summed E-state index contributed by atoms with van der Waals surface area (Å²) in [6, 6.07) is 5.71. The lowest BCUT2D eigenvalue weighted by atomic mass is 9.86. The average molecular weight is 470 g/mol. The standard InChI is InChI=1S/C18H20N4O2S.C2HF3O2/c23-16-8-18(13-22(16)15-3-7-25-11-15)4-6-21(12-18)17(24)20-10-14-2-1-5-19-9-14;3-2(4,5)1(6)7/h1-3,5,7,9,11H,4,6,8,10,12-13H2,(H,20,24);(H,6,7). The largest absolute Gasteiger partial charge is 0.490 e. The number of alkyl halides is 3. The molecule has 0 saturated carbocycles. The van der Waals surface area contributed by atoms with E-state index in [0.29, 0.717) is 32.6 Å². The van der Waals surface area contributed by atoms with Crippen LogP contribution in [0.15, 0.2) is 41.4 Å². The predicted molar refractivity (Wildman–Crippen MR) is 110 cm³/mol. The average Bonchev–Trinajstić information content (AvgIpc) is 3.47. The minimum absolute atomic E-state index is 0.0674. The van der Waals surface area contributed by atoms with Gasteiger partial charge in [0.25, 0.3) is 0 Å². The lowest BCUT2D eigenvalue weighted by Gasteiger charge is -2.24. The van der Waals surface area contributed by atoms with E-state index in [4.69, 9.17) is 9.90 Å². The number of anilines is 1. The molecule has 4 heterocycles. The number of nitrogens with zero attached hydrogens (tertiary/aromatic N) is 3. The predicted octanol–water partition coefficient (Wildman–Crippen LogP) is 3.12. The molecule has 2 aromatic rings. The molecule has 0 aliphatic carbocycles. The monoisotopic (exact) mass is 470 g/mol. The van der Waals surface area contributed by atoms with Gasteiger partial charge in [0, 0.05) is 55.8 Å². The van der Waals surface area contributed by atoms with Gasteiger partial charge in [-0.2, -0.15) is 24.5 Å². The van der Waals surface area contributed by atoms with Crippen LogP contribution in [0, 0.1) is 5.41 Å². The topological polar surface area (TPSA) is 103 Å². The fourth-order valence-corrected chi connectivity index (χ4v) is 4.36. The number of nitrogens with one attached hydrogen (secondary N) is 1. The first-order valence-electron chi connectivity index (χ1n) is 9.64. The van der Waals surface area contributed by atoms with Crippen LogP contribution in [-0.2, 0) is 16.1 Å². The molecular formula is C20H21F3N4O4S. The van der Waals surface area contributed by atoms with E-state index in [1.807, 2.05) is 38.8 Å². The summed E-state index contributed by atoms with van der Waals surface area (Å²) in [6.45, 7) is 2.51. The van der Waals surface area contributed by atoms with Gasteiger partial charge in [-0.25, -0.2) is 9.59 Å². The smallest absolute Gasteiger partial charge is 0.475 e. The van der Waals surface area contributed by atoms with Crippen molar-refractivity contribution >= 4 is 34.9 Å². The van der Waals surface area contributed by atoms with Crippen LogP contribution in [0.4, 0.5) is 23.7 Å². The van der Waals surface area contributed by atoms with Crippen molar-refractivity contribution in [3.8, 4) is 0 Å². The van der Waals surface area contributed by atoms with E-state index in [1.165, 1.54) is 0 Å². The molecule has 12 heteroatoms. The second kappa shape index (κ2) is 9.55. The first-order valence-corrected chi connectivity index (χ1v) is 10.6. The number of urea groups is 1. The molecule has 2 N–H and O–H groups in total. The molecule has 0 bridgehead atoms. The zero-order valence-corrected chi connectivity index (χ0v) is 17.7. The molecule has 2 aromatic heterocycles. The minimum Gasteiger partial charge on any atom is -0.475 e. The van der Waals surface area contributed by atoms with E-state index < -0.39 is 12.1 Å². The maximum atomic E-state index is 12.4. The number of carbonyl (C=O) groups excluding carboxylic acids is 2. The van der Waals surface area contributed by atoms with Crippen LogP contribution in [0.3, 0.4) is 0 Å². The van der Waals surface area contributed by atoms with E-state index >= 15 is 0 Å². The highest BCUT2D eigenvalue weighted by molar-refractivity contribution is 7.08. The fraction of sp³-hybridized carbons (Fsp3) is 0.400. The molecule has 2 saturated heterocycles. The molecule has 1 unspecified atom stereocenters. The molecule has 1 atom stereocenters. The highest BCUT2D eigenvalue weighted by atomic mass is 32.1. The van der Waals surface area contributed by atoms with Gasteiger partial charge in [0.2, 0.25) is 5.91 Å². The summed E-state index contributed by atoms with van der Waals surface area (Å²) >= 11 is 1.60. The number of rotatable bonds is 3. The van der Waals surface area contributed by atoms with Crippen molar-refractivity contribution in [2.24, 2.45) is 5.41 Å². The Balaban J connectivity index is 0.000000360. The van der Waals surface area contributed by atoms with Gasteiger partial charge >= 0.3 is 18.2 Å². The van der Waals surface area contributed by atoms with Crippen LogP contribution in [0.25, 0.3) is 0 Å². The van der Waals surface area contributed by atoms with Gasteiger partial charge in [-0.1, -0.05) is 6.07 Å². The number of carboxylic acid groups (broad SMARTS) is 1. The normalized spacial score (nSPS) is 20.3. The third-order valence-corrected chi connectivity index (χ3v) is 5.94. The maximum Gasteiger partial charge on any atom is 0.490 e. The van der Waals surface area contributed by atoms with Crippen LogP contribution in [-0.4, -0.2) is 58.7 Å². The number of carbonyl (C=O) groups is 3. The Bertz CT molecular complexity index is 956. The number of halogens is 3. The van der Waals surface area contributed by atoms with Crippen molar-refractivity contribution in [3.05, 3.63) is 46.9 Å². The summed E-state index contributed by atoms with van der Waals surface area (Å²) in [5.74, 6) is -2.59. The number of likely N-dealkylation sites (tertiary alicyclic amines) is 1. The lowest BCUT2D eigenvalue weighted by molar-refractivity contribution is -0.192. The Morgan fingerprint density at radius 3 is 2.62 bits per heavy atom. The first-order chi connectivity index (χ1) is 15.1. The van der Waals surface area contributed by atoms with Gasteiger partial charge in [-0.3, -0.25) is 9.78 Å². The molecular weight excluding hydrogens is 449 g/mol. The third kappa shape index (κ3) is 5.75. The molecule has 0 aromatic carbocycles. The molecule has 8 nitrogen and oxygen atoms in total. The number of thiophene rings is 1. The molecule has 2 aliphatic heterocycles. The number of aliphatic carboxylic acids is 1. The molecule has 0 radical (unpaired) electrons. The minimum atomic E-state index is -5.08. The molecule has 4 rings (SSSR count). The molecule has 2 aliphatic rings. The Kier molecular flexibility index (Phi) is 7.02. The van der Waals surface area contributed by atoms with E-state index in [2.05, 4.69) is 10.3 Å². The number of carboxylic acids is 1. The fourth-order valence-electron chi connectivity index (χ4n) is 3.72. The van der Waals surface area contributed by atoms with Crippen molar-refractivity contribution in [1.82, 2.24) is 15.2 Å². The second-order valence-corrected chi connectivity index (χ2v) is 8.41. The highest BCUT2D eigenvalue weighted by Crippen LogP contribution is 2.42. The van der Waals surface area contributed by atoms with Crippen molar-refractivity contribution in [2.45, 2.75) is 25.6 Å². The first kappa shape index (κ1) is 23.5. The molecule has 172 valence electrons. The number of hydrogen-bond acceptors (Lipinski definition) is 5. The van der Waals surface area contributed by atoms with E-state index in [-0.39, 0.29) is 17.4 Å². The van der Waals surface area contributed by atoms with Gasteiger partial charge in [0.05, 0.1) is 5.69 Å². The lowest BCUT2D eigenvalue weighted by Crippen LogP contribution is -2.40. The van der Waals surface area contributed by atoms with Gasteiger partial charge < -0.3 is 20.2 Å². The Morgan fingerprint density at radius 1 is 1.28 bits per heavy atom. The van der Waals surface area contributed by atoms with Gasteiger partial charge in [-0.15, -0.1) is 0 Å². The van der Waals surface area contributed by atoms with Crippen molar-refractivity contribution in [2.75, 3.05) is 24.5 Å². The van der Waals surface area contributed by atoms with Crippen LogP contribution in [0.1, 0.15) is 18.4 Å². The van der Waals surface area contributed by atoms with Crippen LogP contribution in [0.5, 0.6) is 0 Å². The quantitative estimate of drug-likeness (QED) is 0.718. The summed E-state index contributed by atoms with van der Waals surface area (Å²) in [6.07, 6.45) is -0.221. The van der Waals surface area contributed by atoms with Gasteiger partial charge in [0.15, 0.2) is 0 Å². The van der Waals surface area contributed by atoms with Gasteiger partial charge in [0.1, 0.15) is 0 Å². The van der Waals surface area contributed by atoms with Gasteiger partial charge in [-0.05, 0) is 29.5 Å². The maximum absolute atomic E-state index is 12.4. The molecule has 3 amide bonds.